The Morgan fingerprint density at radius 2 is 2.12 bits per heavy atom. The fourth-order valence-electron chi connectivity index (χ4n) is 1.66. The van der Waals surface area contributed by atoms with E-state index in [1.165, 1.54) is 0 Å². The van der Waals surface area contributed by atoms with Crippen LogP contribution in [0.4, 0.5) is 0 Å². The van der Waals surface area contributed by atoms with Gasteiger partial charge in [0.15, 0.2) is 0 Å². The summed E-state index contributed by atoms with van der Waals surface area (Å²) < 4.78 is 1.86. The molecule has 0 saturated carbocycles. The van der Waals surface area contributed by atoms with Gasteiger partial charge >= 0.3 is 0 Å². The molecule has 0 unspecified atom stereocenters. The highest BCUT2D eigenvalue weighted by atomic mass is 16.2. The first-order valence-corrected chi connectivity index (χ1v) is 4.92. The molecule has 1 aromatic carbocycles. The van der Waals surface area contributed by atoms with Crippen LogP contribution in [0.25, 0.3) is 10.9 Å². The van der Waals surface area contributed by atoms with Crippen molar-refractivity contribution in [3.63, 3.8) is 0 Å². The van der Waals surface area contributed by atoms with Gasteiger partial charge in [0.2, 0.25) is 5.43 Å². The molecule has 0 fully saturated rings. The minimum atomic E-state index is -0.240. The fourth-order valence-corrected chi connectivity index (χ4v) is 1.66. The molecule has 80 valence electrons. The lowest BCUT2D eigenvalue weighted by Crippen LogP contribution is -2.10. The van der Waals surface area contributed by atoms with E-state index >= 15 is 0 Å². The number of hydrogen-bond donors (Lipinski definition) is 1. The summed E-state index contributed by atoms with van der Waals surface area (Å²) in [7, 11) is 1.87. The van der Waals surface area contributed by atoms with Crippen LogP contribution in [-0.4, -0.2) is 16.3 Å². The van der Waals surface area contributed by atoms with Crippen LogP contribution < -0.4 is 5.43 Å². The molecule has 1 heterocycles. The van der Waals surface area contributed by atoms with E-state index in [4.69, 9.17) is 5.11 Å². The quantitative estimate of drug-likeness (QED) is 0.660. The molecule has 1 N–H and O–H groups in total. The second-order valence-corrected chi connectivity index (χ2v) is 3.46. The molecular weight excluding hydrogens is 202 g/mol. The molecule has 0 amide bonds. The van der Waals surface area contributed by atoms with Crippen molar-refractivity contribution in [2.75, 3.05) is 6.61 Å². The second kappa shape index (κ2) is 4.21. The summed E-state index contributed by atoms with van der Waals surface area (Å²) in [6, 6.07) is 7.38. The Kier molecular flexibility index (Phi) is 2.76. The maximum Gasteiger partial charge on any atom is 0.204 e. The van der Waals surface area contributed by atoms with Crippen LogP contribution in [0, 0.1) is 11.8 Å². The molecular formula is C13H11NO2. The van der Waals surface area contributed by atoms with Crippen molar-refractivity contribution >= 4 is 10.9 Å². The second-order valence-electron chi connectivity index (χ2n) is 3.46. The topological polar surface area (TPSA) is 42.2 Å². The number of para-hydroxylation sites is 1. The van der Waals surface area contributed by atoms with E-state index in [1.54, 1.807) is 12.3 Å². The van der Waals surface area contributed by atoms with E-state index in [1.807, 2.05) is 29.8 Å². The van der Waals surface area contributed by atoms with E-state index in [9.17, 15) is 4.79 Å². The molecule has 0 aliphatic carbocycles. The van der Waals surface area contributed by atoms with Gasteiger partial charge in [-0.05, 0) is 12.1 Å². The number of pyridine rings is 1. The molecule has 3 heteroatoms. The molecule has 1 aromatic heterocycles. The van der Waals surface area contributed by atoms with Crippen LogP contribution in [0.5, 0.6) is 0 Å². The van der Waals surface area contributed by atoms with Gasteiger partial charge in [-0.15, -0.1) is 0 Å². The number of aliphatic hydroxyl groups is 1. The summed E-state index contributed by atoms with van der Waals surface area (Å²) in [4.78, 5) is 12.0. The predicted molar refractivity (Wildman–Crippen MR) is 63.2 cm³/mol. The molecule has 2 aromatic rings. The van der Waals surface area contributed by atoms with E-state index in [-0.39, 0.29) is 12.0 Å². The molecule has 0 aliphatic heterocycles. The van der Waals surface area contributed by atoms with Crippen molar-refractivity contribution in [3.8, 4) is 11.8 Å². The third-order valence-electron chi connectivity index (χ3n) is 2.40. The molecule has 16 heavy (non-hydrogen) atoms. The third-order valence-corrected chi connectivity index (χ3v) is 2.40. The molecule has 0 aliphatic rings. The Balaban J connectivity index is 2.81. The molecule has 0 atom stereocenters. The molecule has 0 bridgehead atoms. The summed E-state index contributed by atoms with van der Waals surface area (Å²) in [5, 5.41) is 9.27. The number of rotatable bonds is 0. The minimum absolute atomic E-state index is 0.0883. The predicted octanol–water partition coefficient (Wildman–Crippen LogP) is 0.882. The van der Waals surface area contributed by atoms with Crippen LogP contribution in [0.3, 0.4) is 0 Å². The fraction of sp³-hybridized carbons (Fsp3) is 0.154. The average Bonchev–Trinajstić information content (AvgIpc) is 2.32. The van der Waals surface area contributed by atoms with Gasteiger partial charge in [-0.1, -0.05) is 24.0 Å². The minimum Gasteiger partial charge on any atom is -0.384 e. The van der Waals surface area contributed by atoms with Crippen LogP contribution in [0.1, 0.15) is 5.56 Å². The van der Waals surface area contributed by atoms with Gasteiger partial charge in [0.1, 0.15) is 6.61 Å². The van der Waals surface area contributed by atoms with Crippen molar-refractivity contribution in [1.82, 2.24) is 4.57 Å². The Morgan fingerprint density at radius 1 is 1.38 bits per heavy atom. The van der Waals surface area contributed by atoms with E-state index in [0.717, 1.165) is 5.52 Å². The van der Waals surface area contributed by atoms with Gasteiger partial charge in [-0.25, -0.2) is 0 Å². The van der Waals surface area contributed by atoms with Gasteiger partial charge in [-0.2, -0.15) is 0 Å². The Labute approximate surface area is 93.0 Å². The number of aromatic nitrogens is 1. The summed E-state index contributed by atoms with van der Waals surface area (Å²) in [5.74, 6) is 5.15. The average molecular weight is 213 g/mol. The van der Waals surface area contributed by atoms with E-state index in [2.05, 4.69) is 11.8 Å². The highest BCUT2D eigenvalue weighted by Gasteiger charge is 2.04. The summed E-state index contributed by atoms with van der Waals surface area (Å²) in [5.41, 5.74) is 1.20. The van der Waals surface area contributed by atoms with Crippen molar-refractivity contribution in [3.05, 3.63) is 46.2 Å². The number of benzene rings is 1. The molecule has 3 nitrogen and oxygen atoms in total. The summed E-state index contributed by atoms with van der Waals surface area (Å²) in [6.07, 6.45) is 1.69. The standard InChI is InChI=1S/C13H11NO2/c1-14-9-10(5-4-8-15)13(16)11-6-2-3-7-12(11)14/h2-3,6-7,9,15H,8H2,1H3. The van der Waals surface area contributed by atoms with Gasteiger partial charge < -0.3 is 9.67 Å². The van der Waals surface area contributed by atoms with Crippen molar-refractivity contribution < 1.29 is 5.11 Å². The van der Waals surface area contributed by atoms with Crippen LogP contribution in [-0.2, 0) is 7.05 Å². The zero-order chi connectivity index (χ0) is 11.5. The maximum atomic E-state index is 12.0. The van der Waals surface area contributed by atoms with Crippen LogP contribution >= 0.6 is 0 Å². The normalized spacial score (nSPS) is 9.88. The Bertz CT molecular complexity index is 644. The van der Waals surface area contributed by atoms with Gasteiger partial charge in [0.05, 0.1) is 11.1 Å². The van der Waals surface area contributed by atoms with E-state index < -0.39 is 0 Å². The van der Waals surface area contributed by atoms with E-state index in [0.29, 0.717) is 10.9 Å². The zero-order valence-electron chi connectivity index (χ0n) is 8.90. The molecule has 0 radical (unpaired) electrons. The zero-order valence-corrected chi connectivity index (χ0v) is 8.90. The Hall–Kier alpha value is -2.05. The van der Waals surface area contributed by atoms with Gasteiger partial charge in [0, 0.05) is 18.6 Å². The molecule has 0 spiro atoms. The lowest BCUT2D eigenvalue weighted by atomic mass is 10.1. The van der Waals surface area contributed by atoms with Gasteiger partial charge in [0.25, 0.3) is 0 Å². The molecule has 2 rings (SSSR count). The number of fused-ring (bicyclic) bond motifs is 1. The molecule has 0 saturated heterocycles. The van der Waals surface area contributed by atoms with Crippen LogP contribution in [0.2, 0.25) is 0 Å². The summed E-state index contributed by atoms with van der Waals surface area (Å²) >= 11 is 0. The number of nitrogens with zero attached hydrogens (tertiary/aromatic N) is 1. The van der Waals surface area contributed by atoms with Crippen molar-refractivity contribution in [2.24, 2.45) is 7.05 Å². The first-order chi connectivity index (χ1) is 7.74. The Morgan fingerprint density at radius 3 is 2.88 bits per heavy atom. The first kappa shape index (κ1) is 10.5. The van der Waals surface area contributed by atoms with Gasteiger partial charge in [-0.3, -0.25) is 4.79 Å². The highest BCUT2D eigenvalue weighted by molar-refractivity contribution is 5.80. The largest absolute Gasteiger partial charge is 0.384 e. The smallest absolute Gasteiger partial charge is 0.204 e. The van der Waals surface area contributed by atoms with Crippen LogP contribution in [0.15, 0.2) is 35.3 Å². The SMILES string of the molecule is Cn1cc(C#CCO)c(=O)c2ccccc21. The summed E-state index contributed by atoms with van der Waals surface area (Å²) in [6.45, 7) is -0.240. The first-order valence-electron chi connectivity index (χ1n) is 4.92. The lowest BCUT2D eigenvalue weighted by molar-refractivity contribution is 0.350. The number of hydrogen-bond acceptors (Lipinski definition) is 2. The lowest BCUT2D eigenvalue weighted by Gasteiger charge is -2.05. The number of aryl methyl sites for hydroxylation is 1. The highest BCUT2D eigenvalue weighted by Crippen LogP contribution is 2.09. The van der Waals surface area contributed by atoms with Crippen molar-refractivity contribution in [2.45, 2.75) is 0 Å². The maximum absolute atomic E-state index is 12.0. The van der Waals surface area contributed by atoms with Crippen molar-refractivity contribution in [1.29, 1.82) is 0 Å². The monoisotopic (exact) mass is 213 g/mol. The number of aliphatic hydroxyl groups excluding tert-OH is 1. The third kappa shape index (κ3) is 1.71.